The van der Waals surface area contributed by atoms with Gasteiger partial charge in [0.2, 0.25) is 0 Å². The van der Waals surface area contributed by atoms with Gasteiger partial charge in [-0.1, -0.05) is 84.4 Å². The molecule has 0 spiro atoms. The fraction of sp³-hybridized carbons (Fsp3) is 0.0952. The zero-order valence-electron chi connectivity index (χ0n) is 13.6. The molecule has 126 valence electrons. The summed E-state index contributed by atoms with van der Waals surface area (Å²) in [5.74, 6) is 0. The molecule has 0 aromatic heterocycles. The Balaban J connectivity index is 1.54. The largest absolute Gasteiger partial charge is 0.445 e. The molecule has 0 heterocycles. The van der Waals surface area contributed by atoms with Crippen molar-refractivity contribution in [2.24, 2.45) is 0 Å². The van der Waals surface area contributed by atoms with Gasteiger partial charge in [0.15, 0.2) is 0 Å². The van der Waals surface area contributed by atoms with E-state index in [0.29, 0.717) is 11.6 Å². The normalized spacial score (nSPS) is 10.9. The van der Waals surface area contributed by atoms with E-state index < -0.39 is 6.09 Å². The Hall–Kier alpha value is -2.78. The lowest BCUT2D eigenvalue weighted by Crippen LogP contribution is -2.24. The Morgan fingerprint density at radius 2 is 1.76 bits per heavy atom. The fourth-order valence-electron chi connectivity index (χ4n) is 2.56. The highest BCUT2D eigenvalue weighted by Gasteiger charge is 2.03. The summed E-state index contributed by atoms with van der Waals surface area (Å²) in [5, 5.41) is 5.52. The Morgan fingerprint density at radius 3 is 2.56 bits per heavy atom. The maximum Gasteiger partial charge on any atom is 0.407 e. The lowest BCUT2D eigenvalue weighted by atomic mass is 10.0. The van der Waals surface area contributed by atoms with Crippen LogP contribution >= 0.6 is 11.6 Å². The van der Waals surface area contributed by atoms with E-state index in [2.05, 4.69) is 5.32 Å². The first-order chi connectivity index (χ1) is 12.2. The fourth-order valence-corrected chi connectivity index (χ4v) is 2.86. The number of ether oxygens (including phenoxy) is 1. The van der Waals surface area contributed by atoms with Gasteiger partial charge in [-0.2, -0.15) is 0 Å². The van der Waals surface area contributed by atoms with E-state index in [1.54, 1.807) is 0 Å². The Labute approximate surface area is 151 Å². The van der Waals surface area contributed by atoms with Crippen LogP contribution in [-0.2, 0) is 11.3 Å². The summed E-state index contributed by atoms with van der Waals surface area (Å²) in [5.41, 5.74) is 1.97. The number of carbonyl (C=O) groups excluding carboxylic acids is 1. The number of benzene rings is 3. The molecule has 0 saturated carbocycles. The van der Waals surface area contributed by atoms with Crippen molar-refractivity contribution in [2.75, 3.05) is 6.54 Å². The van der Waals surface area contributed by atoms with Crippen LogP contribution in [0.25, 0.3) is 16.8 Å². The van der Waals surface area contributed by atoms with Crippen molar-refractivity contribution in [3.8, 4) is 0 Å². The van der Waals surface area contributed by atoms with Gasteiger partial charge < -0.3 is 10.1 Å². The zero-order valence-corrected chi connectivity index (χ0v) is 14.4. The van der Waals surface area contributed by atoms with Crippen molar-refractivity contribution in [2.45, 2.75) is 6.61 Å². The van der Waals surface area contributed by atoms with Gasteiger partial charge in [-0.3, -0.25) is 0 Å². The van der Waals surface area contributed by atoms with Crippen molar-refractivity contribution >= 4 is 34.5 Å². The van der Waals surface area contributed by atoms with Crippen LogP contribution in [0.1, 0.15) is 11.1 Å². The van der Waals surface area contributed by atoms with E-state index in [1.165, 1.54) is 0 Å². The SMILES string of the molecule is O=C(NCC=Cc1cccc2cccc(Cl)c12)OCc1ccccc1. The van der Waals surface area contributed by atoms with Crippen LogP contribution in [0.5, 0.6) is 0 Å². The first-order valence-electron chi connectivity index (χ1n) is 8.02. The summed E-state index contributed by atoms with van der Waals surface area (Å²) in [4.78, 5) is 11.7. The number of fused-ring (bicyclic) bond motifs is 1. The third-order valence-corrected chi connectivity index (χ3v) is 4.08. The van der Waals surface area contributed by atoms with Crippen LogP contribution in [0.2, 0.25) is 5.02 Å². The first-order valence-corrected chi connectivity index (χ1v) is 8.40. The lowest BCUT2D eigenvalue weighted by molar-refractivity contribution is 0.141. The maximum atomic E-state index is 11.7. The molecule has 0 aliphatic rings. The molecule has 1 N–H and O–H groups in total. The summed E-state index contributed by atoms with van der Waals surface area (Å²) in [6.07, 6.45) is 3.39. The van der Waals surface area contributed by atoms with Gasteiger partial charge in [0.05, 0.1) is 0 Å². The molecule has 0 saturated heterocycles. The van der Waals surface area contributed by atoms with Crippen LogP contribution < -0.4 is 5.32 Å². The average Bonchev–Trinajstić information content (AvgIpc) is 2.64. The number of halogens is 1. The summed E-state index contributed by atoms with van der Waals surface area (Å²) in [6.45, 7) is 0.643. The van der Waals surface area contributed by atoms with Crippen LogP contribution in [0.15, 0.2) is 72.8 Å². The summed E-state index contributed by atoms with van der Waals surface area (Å²) < 4.78 is 5.16. The minimum Gasteiger partial charge on any atom is -0.445 e. The minimum atomic E-state index is -0.440. The van der Waals surface area contributed by atoms with E-state index in [9.17, 15) is 4.79 Å². The molecule has 0 radical (unpaired) electrons. The molecule has 0 atom stereocenters. The van der Waals surface area contributed by atoms with E-state index in [1.807, 2.05) is 78.9 Å². The van der Waals surface area contributed by atoms with Gasteiger partial charge in [-0.15, -0.1) is 0 Å². The van der Waals surface area contributed by atoms with Gasteiger partial charge in [0, 0.05) is 17.0 Å². The van der Waals surface area contributed by atoms with Crippen LogP contribution in [0, 0.1) is 0 Å². The Bertz CT molecular complexity index is 886. The summed E-state index contributed by atoms with van der Waals surface area (Å²) >= 11 is 6.30. The number of amides is 1. The molecule has 0 bridgehead atoms. The summed E-state index contributed by atoms with van der Waals surface area (Å²) in [7, 11) is 0. The monoisotopic (exact) mass is 351 g/mol. The predicted molar refractivity (Wildman–Crippen MR) is 103 cm³/mol. The highest BCUT2D eigenvalue weighted by atomic mass is 35.5. The molecule has 25 heavy (non-hydrogen) atoms. The Kier molecular flexibility index (Phi) is 5.70. The van der Waals surface area contributed by atoms with Gasteiger partial charge in [0.25, 0.3) is 0 Å². The number of nitrogens with one attached hydrogen (secondary N) is 1. The third kappa shape index (κ3) is 4.61. The molecule has 3 aromatic carbocycles. The highest BCUT2D eigenvalue weighted by molar-refractivity contribution is 6.36. The Morgan fingerprint density at radius 1 is 1.00 bits per heavy atom. The van der Waals surface area contributed by atoms with Crippen molar-refractivity contribution in [3.63, 3.8) is 0 Å². The molecular weight excluding hydrogens is 334 g/mol. The molecular formula is C21H18ClNO2. The van der Waals surface area contributed by atoms with Crippen LogP contribution in [0.4, 0.5) is 4.79 Å². The number of carbonyl (C=O) groups is 1. The number of hydrogen-bond donors (Lipinski definition) is 1. The molecule has 4 heteroatoms. The zero-order chi connectivity index (χ0) is 17.5. The molecule has 0 aliphatic heterocycles. The van der Waals surface area contributed by atoms with Gasteiger partial charge in [-0.25, -0.2) is 4.79 Å². The smallest absolute Gasteiger partial charge is 0.407 e. The minimum absolute atomic E-state index is 0.259. The molecule has 3 rings (SSSR count). The first kappa shape index (κ1) is 17.1. The van der Waals surface area contributed by atoms with Crippen molar-refractivity contribution in [1.29, 1.82) is 0 Å². The topological polar surface area (TPSA) is 38.3 Å². The van der Waals surface area contributed by atoms with Crippen LogP contribution in [0.3, 0.4) is 0 Å². The number of rotatable bonds is 5. The number of alkyl carbamates (subject to hydrolysis) is 1. The van der Waals surface area contributed by atoms with Gasteiger partial charge >= 0.3 is 6.09 Å². The van der Waals surface area contributed by atoms with Crippen molar-refractivity contribution < 1.29 is 9.53 Å². The lowest BCUT2D eigenvalue weighted by Gasteiger charge is -2.06. The molecule has 3 aromatic rings. The second kappa shape index (κ2) is 8.36. The summed E-state index contributed by atoms with van der Waals surface area (Å²) in [6, 6.07) is 21.4. The highest BCUT2D eigenvalue weighted by Crippen LogP contribution is 2.27. The van der Waals surface area contributed by atoms with E-state index >= 15 is 0 Å². The predicted octanol–water partition coefficient (Wildman–Crippen LogP) is 5.43. The van der Waals surface area contributed by atoms with E-state index in [4.69, 9.17) is 16.3 Å². The second-order valence-corrected chi connectivity index (χ2v) is 5.94. The third-order valence-electron chi connectivity index (χ3n) is 3.76. The van der Waals surface area contributed by atoms with Crippen LogP contribution in [-0.4, -0.2) is 12.6 Å². The van der Waals surface area contributed by atoms with Gasteiger partial charge in [0.1, 0.15) is 6.61 Å². The van der Waals surface area contributed by atoms with E-state index in [-0.39, 0.29) is 6.61 Å². The van der Waals surface area contributed by atoms with E-state index in [0.717, 1.165) is 21.9 Å². The molecule has 1 amide bonds. The van der Waals surface area contributed by atoms with Crippen molar-refractivity contribution in [1.82, 2.24) is 5.32 Å². The second-order valence-electron chi connectivity index (χ2n) is 5.53. The number of hydrogen-bond acceptors (Lipinski definition) is 2. The maximum absolute atomic E-state index is 11.7. The molecule has 0 fully saturated rings. The standard InChI is InChI=1S/C21H18ClNO2/c22-19-13-5-11-17-9-4-10-18(20(17)19)12-6-14-23-21(24)25-15-16-7-2-1-3-8-16/h1-13H,14-15H2,(H,23,24). The van der Waals surface area contributed by atoms with Crippen molar-refractivity contribution in [3.05, 3.63) is 89.0 Å². The average molecular weight is 352 g/mol. The molecule has 0 unspecified atom stereocenters. The van der Waals surface area contributed by atoms with Gasteiger partial charge in [-0.05, 0) is 22.6 Å². The molecule has 0 aliphatic carbocycles. The molecule has 3 nitrogen and oxygen atoms in total. The quantitative estimate of drug-likeness (QED) is 0.665.